The fourth-order valence-corrected chi connectivity index (χ4v) is 0.265. The van der Waals surface area contributed by atoms with Crippen LogP contribution < -0.4 is 0 Å². The predicted octanol–water partition coefficient (Wildman–Crippen LogP) is 1.12. The molecule has 0 aliphatic heterocycles. The second-order valence-electron chi connectivity index (χ2n) is 2.00. The summed E-state index contributed by atoms with van der Waals surface area (Å²) in [5, 5.41) is 0. The highest BCUT2D eigenvalue weighted by molar-refractivity contribution is 5.88. The molecule has 0 spiro atoms. The second-order valence-corrected chi connectivity index (χ2v) is 2.00. The topological polar surface area (TPSA) is 43.4 Å². The van der Waals surface area contributed by atoms with Crippen LogP contribution in [-0.2, 0) is 14.3 Å². The molecule has 0 radical (unpaired) electrons. The lowest BCUT2D eigenvalue weighted by Gasteiger charge is -2.06. The maximum absolute atomic E-state index is 12.0. The Morgan fingerprint density at radius 3 is 2.18 bits per heavy atom. The molecule has 0 heterocycles. The summed E-state index contributed by atoms with van der Waals surface area (Å²) in [5.41, 5.74) is 0. The molecule has 0 bridgehead atoms. The Hall–Kier alpha value is -1.00. The molecule has 0 N–H and O–H groups in total. The molecule has 0 saturated carbocycles. The van der Waals surface area contributed by atoms with Crippen molar-refractivity contribution in [2.45, 2.75) is 26.2 Å². The molecule has 5 heteroatoms. The first-order valence-electron chi connectivity index (χ1n) is 3.01. The molecule has 0 atom stereocenters. The molecule has 0 aliphatic carbocycles. The van der Waals surface area contributed by atoms with Gasteiger partial charge in [-0.1, -0.05) is 6.92 Å². The van der Waals surface area contributed by atoms with E-state index in [1.807, 2.05) is 0 Å². The summed E-state index contributed by atoms with van der Waals surface area (Å²) in [6, 6.07) is 0. The van der Waals surface area contributed by atoms with Gasteiger partial charge in [-0.15, -0.1) is 0 Å². The predicted molar refractivity (Wildman–Crippen MR) is 32.0 cm³/mol. The Morgan fingerprint density at radius 2 is 1.91 bits per heavy atom. The number of halogens is 2. The quantitative estimate of drug-likeness (QED) is 0.456. The molecule has 0 aromatic carbocycles. The average molecular weight is 166 g/mol. The SMILES string of the molecule is CCC(=O)OC(=O)C(C)(F)F. The molecule has 0 aliphatic rings. The summed E-state index contributed by atoms with van der Waals surface area (Å²) in [7, 11) is 0. The minimum Gasteiger partial charge on any atom is -0.389 e. The maximum Gasteiger partial charge on any atom is 0.384 e. The van der Waals surface area contributed by atoms with Gasteiger partial charge < -0.3 is 4.74 Å². The highest BCUT2D eigenvalue weighted by atomic mass is 19.3. The van der Waals surface area contributed by atoms with Gasteiger partial charge in [0, 0.05) is 13.3 Å². The second kappa shape index (κ2) is 3.41. The van der Waals surface area contributed by atoms with Gasteiger partial charge in [0.15, 0.2) is 0 Å². The maximum atomic E-state index is 12.0. The van der Waals surface area contributed by atoms with E-state index in [1.54, 1.807) is 0 Å². The zero-order valence-electron chi connectivity index (χ0n) is 6.19. The van der Waals surface area contributed by atoms with Crippen molar-refractivity contribution in [1.82, 2.24) is 0 Å². The summed E-state index contributed by atoms with van der Waals surface area (Å²) in [6.07, 6.45) is -0.0954. The van der Waals surface area contributed by atoms with Crippen molar-refractivity contribution in [1.29, 1.82) is 0 Å². The van der Waals surface area contributed by atoms with Crippen molar-refractivity contribution in [2.75, 3.05) is 0 Å². The number of carbonyl (C=O) groups is 2. The average Bonchev–Trinajstić information content (AvgIpc) is 1.85. The van der Waals surface area contributed by atoms with Crippen molar-refractivity contribution >= 4 is 11.9 Å². The van der Waals surface area contributed by atoms with Crippen LogP contribution in [0.3, 0.4) is 0 Å². The van der Waals surface area contributed by atoms with Crippen molar-refractivity contribution in [3.63, 3.8) is 0 Å². The van der Waals surface area contributed by atoms with E-state index >= 15 is 0 Å². The summed E-state index contributed by atoms with van der Waals surface area (Å²) < 4.78 is 27.7. The number of carbonyl (C=O) groups excluding carboxylic acids is 2. The van der Waals surface area contributed by atoms with E-state index < -0.39 is 17.9 Å². The van der Waals surface area contributed by atoms with Crippen LogP contribution in [0.5, 0.6) is 0 Å². The fraction of sp³-hybridized carbons (Fsp3) is 0.667. The summed E-state index contributed by atoms with van der Waals surface area (Å²) in [4.78, 5) is 20.5. The van der Waals surface area contributed by atoms with E-state index in [-0.39, 0.29) is 6.42 Å². The van der Waals surface area contributed by atoms with Crippen LogP contribution in [0.15, 0.2) is 0 Å². The van der Waals surface area contributed by atoms with E-state index in [4.69, 9.17) is 0 Å². The first-order valence-corrected chi connectivity index (χ1v) is 3.01. The minimum absolute atomic E-state index is 0.0954. The van der Waals surface area contributed by atoms with Gasteiger partial charge in [0.25, 0.3) is 0 Å². The van der Waals surface area contributed by atoms with E-state index in [1.165, 1.54) is 6.92 Å². The Labute approximate surface area is 62.3 Å². The normalized spacial score (nSPS) is 10.9. The summed E-state index contributed by atoms with van der Waals surface area (Å²) >= 11 is 0. The zero-order chi connectivity index (χ0) is 9.07. The Morgan fingerprint density at radius 1 is 1.45 bits per heavy atom. The van der Waals surface area contributed by atoms with Gasteiger partial charge >= 0.3 is 17.9 Å². The number of ether oxygens (including phenoxy) is 1. The van der Waals surface area contributed by atoms with Crippen LogP contribution in [0.4, 0.5) is 8.78 Å². The van der Waals surface area contributed by atoms with Gasteiger partial charge in [0.05, 0.1) is 0 Å². The molecule has 0 aromatic heterocycles. The molecule has 0 unspecified atom stereocenters. The summed E-state index contributed by atoms with van der Waals surface area (Å²) in [5.74, 6) is -6.34. The molecule has 0 fully saturated rings. The van der Waals surface area contributed by atoms with E-state index in [9.17, 15) is 18.4 Å². The molecular formula is C6H8F2O3. The van der Waals surface area contributed by atoms with Crippen LogP contribution >= 0.6 is 0 Å². The molecule has 0 aromatic rings. The molecule has 11 heavy (non-hydrogen) atoms. The first kappa shape index (κ1) is 10.0. The number of rotatable bonds is 2. The Kier molecular flexibility index (Phi) is 3.10. The molecule has 0 amide bonds. The number of hydrogen-bond acceptors (Lipinski definition) is 3. The van der Waals surface area contributed by atoms with E-state index in [0.717, 1.165) is 0 Å². The van der Waals surface area contributed by atoms with Gasteiger partial charge in [-0.05, 0) is 0 Å². The van der Waals surface area contributed by atoms with Gasteiger partial charge in [0.1, 0.15) is 0 Å². The van der Waals surface area contributed by atoms with Gasteiger partial charge in [0.2, 0.25) is 0 Å². The van der Waals surface area contributed by atoms with Crippen molar-refractivity contribution in [3.8, 4) is 0 Å². The molecule has 64 valence electrons. The van der Waals surface area contributed by atoms with Crippen LogP contribution in [-0.4, -0.2) is 17.9 Å². The fourth-order valence-electron chi connectivity index (χ4n) is 0.265. The molecule has 0 rings (SSSR count). The van der Waals surface area contributed by atoms with Gasteiger partial charge in [-0.25, -0.2) is 4.79 Å². The largest absolute Gasteiger partial charge is 0.389 e. The van der Waals surface area contributed by atoms with Crippen molar-refractivity contribution in [3.05, 3.63) is 0 Å². The molecular weight excluding hydrogens is 158 g/mol. The number of esters is 2. The number of alkyl halides is 2. The van der Waals surface area contributed by atoms with Gasteiger partial charge in [-0.2, -0.15) is 8.78 Å². The third kappa shape index (κ3) is 3.64. The first-order chi connectivity index (χ1) is 4.88. The lowest BCUT2D eigenvalue weighted by molar-refractivity contribution is -0.176. The van der Waals surface area contributed by atoms with E-state index in [0.29, 0.717) is 6.92 Å². The highest BCUT2D eigenvalue weighted by Gasteiger charge is 2.35. The van der Waals surface area contributed by atoms with Crippen LogP contribution in [0, 0.1) is 0 Å². The highest BCUT2D eigenvalue weighted by Crippen LogP contribution is 2.13. The van der Waals surface area contributed by atoms with Crippen LogP contribution in [0.1, 0.15) is 20.3 Å². The molecule has 3 nitrogen and oxygen atoms in total. The van der Waals surface area contributed by atoms with E-state index in [2.05, 4.69) is 4.74 Å². The van der Waals surface area contributed by atoms with Crippen molar-refractivity contribution in [2.24, 2.45) is 0 Å². The zero-order valence-corrected chi connectivity index (χ0v) is 6.19. The third-order valence-electron chi connectivity index (χ3n) is 0.854. The van der Waals surface area contributed by atoms with Crippen LogP contribution in [0.25, 0.3) is 0 Å². The summed E-state index contributed by atoms with van der Waals surface area (Å²) in [6.45, 7) is 1.78. The third-order valence-corrected chi connectivity index (χ3v) is 0.854. The minimum atomic E-state index is -3.59. The Balaban J connectivity index is 3.99. The lowest BCUT2D eigenvalue weighted by Crippen LogP contribution is -2.28. The standard InChI is InChI=1S/C6H8F2O3/c1-3-4(9)11-5(10)6(2,7)8/h3H2,1-2H3. The number of hydrogen-bond donors (Lipinski definition) is 0. The smallest absolute Gasteiger partial charge is 0.384 e. The molecule has 0 saturated heterocycles. The van der Waals surface area contributed by atoms with Crippen molar-refractivity contribution < 1.29 is 23.1 Å². The van der Waals surface area contributed by atoms with Gasteiger partial charge in [-0.3, -0.25) is 4.79 Å². The lowest BCUT2D eigenvalue weighted by atomic mass is 10.4. The van der Waals surface area contributed by atoms with Crippen LogP contribution in [0.2, 0.25) is 0 Å². The monoisotopic (exact) mass is 166 g/mol. The Bertz CT molecular complexity index is 171.